The molecular weight excluding hydrogens is 278 g/mol. The number of amides is 1. The van der Waals surface area contributed by atoms with Gasteiger partial charge in [0.25, 0.3) is 5.91 Å². The molecule has 0 saturated heterocycles. The van der Waals surface area contributed by atoms with Crippen LogP contribution in [0.5, 0.6) is 0 Å². The van der Waals surface area contributed by atoms with E-state index in [1.54, 1.807) is 12.1 Å². The lowest BCUT2D eigenvalue weighted by Gasteiger charge is -2.06. The molecular formula is C13H13N3O3S. The molecule has 1 heterocycles. The number of fused-ring (bicyclic) bond motifs is 1. The molecule has 1 aliphatic carbocycles. The fourth-order valence-electron chi connectivity index (χ4n) is 1.99. The quantitative estimate of drug-likeness (QED) is 0.869. The van der Waals surface area contributed by atoms with E-state index >= 15 is 0 Å². The smallest absolute Gasteiger partial charge is 0.309 e. The first-order chi connectivity index (χ1) is 9.65. The number of ether oxygens (including phenoxy) is 1. The summed E-state index contributed by atoms with van der Waals surface area (Å²) in [4.78, 5) is 23.3. The van der Waals surface area contributed by atoms with E-state index in [9.17, 15) is 9.59 Å². The highest BCUT2D eigenvalue weighted by atomic mass is 32.1. The maximum Gasteiger partial charge on any atom is 0.309 e. The lowest BCUT2D eigenvalue weighted by atomic mass is 10.2. The molecule has 2 aromatic rings. The Labute approximate surface area is 119 Å². The van der Waals surface area contributed by atoms with Crippen LogP contribution in [-0.2, 0) is 14.3 Å². The van der Waals surface area contributed by atoms with Crippen molar-refractivity contribution >= 4 is 40.3 Å². The summed E-state index contributed by atoms with van der Waals surface area (Å²) >= 11 is 1.09. The molecule has 3 rings (SSSR count). The number of carbonyl (C=O) groups excluding carboxylic acids is 2. The van der Waals surface area contributed by atoms with Gasteiger partial charge >= 0.3 is 5.97 Å². The van der Waals surface area contributed by atoms with Gasteiger partial charge in [-0.3, -0.25) is 9.59 Å². The summed E-state index contributed by atoms with van der Waals surface area (Å²) in [5, 5.41) is 2.68. The van der Waals surface area contributed by atoms with Gasteiger partial charge < -0.3 is 10.1 Å². The topological polar surface area (TPSA) is 81.2 Å². The Morgan fingerprint density at radius 2 is 2.25 bits per heavy atom. The van der Waals surface area contributed by atoms with Crippen molar-refractivity contribution in [3.63, 3.8) is 0 Å². The Morgan fingerprint density at radius 1 is 1.45 bits per heavy atom. The molecule has 0 radical (unpaired) electrons. The zero-order valence-corrected chi connectivity index (χ0v) is 11.6. The maximum atomic E-state index is 11.8. The summed E-state index contributed by atoms with van der Waals surface area (Å²) in [6.07, 6.45) is 0.851. The van der Waals surface area contributed by atoms with Crippen molar-refractivity contribution in [1.29, 1.82) is 0 Å². The van der Waals surface area contributed by atoms with E-state index < -0.39 is 0 Å². The average molecular weight is 291 g/mol. The number of nitrogens with zero attached hydrogens (tertiary/aromatic N) is 2. The van der Waals surface area contributed by atoms with Crippen LogP contribution in [0.25, 0.3) is 11.0 Å². The van der Waals surface area contributed by atoms with E-state index in [-0.39, 0.29) is 24.4 Å². The van der Waals surface area contributed by atoms with E-state index in [4.69, 9.17) is 4.74 Å². The highest BCUT2D eigenvalue weighted by Crippen LogP contribution is 2.38. The van der Waals surface area contributed by atoms with Gasteiger partial charge in [-0.25, -0.2) is 0 Å². The van der Waals surface area contributed by atoms with Gasteiger partial charge in [-0.05, 0) is 24.5 Å². The zero-order chi connectivity index (χ0) is 14.1. The van der Waals surface area contributed by atoms with Gasteiger partial charge in [-0.1, -0.05) is 13.0 Å². The van der Waals surface area contributed by atoms with Gasteiger partial charge in [0.2, 0.25) is 0 Å². The number of anilines is 1. The first kappa shape index (κ1) is 13.0. The van der Waals surface area contributed by atoms with E-state index in [1.807, 2.05) is 13.0 Å². The minimum Gasteiger partial charge on any atom is -0.455 e. The molecule has 6 nitrogen and oxygen atoms in total. The van der Waals surface area contributed by atoms with Gasteiger partial charge in [0.1, 0.15) is 11.0 Å². The van der Waals surface area contributed by atoms with Crippen LogP contribution >= 0.6 is 11.7 Å². The van der Waals surface area contributed by atoms with E-state index in [0.717, 1.165) is 23.7 Å². The van der Waals surface area contributed by atoms with Crippen molar-refractivity contribution in [3.05, 3.63) is 18.2 Å². The molecule has 2 unspecified atom stereocenters. The number of benzene rings is 1. The van der Waals surface area contributed by atoms with Crippen molar-refractivity contribution < 1.29 is 14.3 Å². The van der Waals surface area contributed by atoms with Gasteiger partial charge in [0.05, 0.1) is 23.3 Å². The Bertz CT molecular complexity index is 670. The summed E-state index contributed by atoms with van der Waals surface area (Å²) in [5.74, 6) is -0.317. The molecule has 20 heavy (non-hydrogen) atoms. The molecule has 1 fully saturated rings. The summed E-state index contributed by atoms with van der Waals surface area (Å²) in [5.41, 5.74) is 1.96. The first-order valence-corrected chi connectivity index (χ1v) is 7.06. The largest absolute Gasteiger partial charge is 0.455 e. The molecule has 2 atom stereocenters. The Morgan fingerprint density at radius 3 is 3.00 bits per heavy atom. The van der Waals surface area contributed by atoms with Crippen LogP contribution in [0.2, 0.25) is 0 Å². The van der Waals surface area contributed by atoms with Gasteiger partial charge in [-0.15, -0.1) is 0 Å². The molecule has 0 bridgehead atoms. The SMILES string of the molecule is CC1CC1C(=O)OCC(=O)Nc1cccc2nsnc12. The predicted molar refractivity (Wildman–Crippen MR) is 74.3 cm³/mol. The molecule has 104 valence electrons. The molecule has 1 saturated carbocycles. The van der Waals surface area contributed by atoms with E-state index in [1.165, 1.54) is 0 Å². The second kappa shape index (κ2) is 5.16. The van der Waals surface area contributed by atoms with Crippen LogP contribution in [0.4, 0.5) is 5.69 Å². The molecule has 1 aromatic carbocycles. The lowest BCUT2D eigenvalue weighted by Crippen LogP contribution is -2.21. The van der Waals surface area contributed by atoms with Crippen molar-refractivity contribution in [2.45, 2.75) is 13.3 Å². The predicted octanol–water partition coefficient (Wildman–Crippen LogP) is 1.83. The summed E-state index contributed by atoms with van der Waals surface area (Å²) in [7, 11) is 0. The third-order valence-corrected chi connectivity index (χ3v) is 3.86. The van der Waals surface area contributed by atoms with E-state index in [0.29, 0.717) is 17.1 Å². The van der Waals surface area contributed by atoms with Crippen LogP contribution in [0.3, 0.4) is 0 Å². The summed E-state index contributed by atoms with van der Waals surface area (Å²) < 4.78 is 13.2. The number of rotatable bonds is 4. The van der Waals surface area contributed by atoms with Crippen LogP contribution in [0.1, 0.15) is 13.3 Å². The van der Waals surface area contributed by atoms with Crippen LogP contribution < -0.4 is 5.32 Å². The number of nitrogens with one attached hydrogen (secondary N) is 1. The third-order valence-electron chi connectivity index (χ3n) is 3.32. The average Bonchev–Trinajstić information content (AvgIpc) is 2.97. The molecule has 0 aliphatic heterocycles. The van der Waals surface area contributed by atoms with Gasteiger partial charge in [-0.2, -0.15) is 8.75 Å². The number of hydrogen-bond acceptors (Lipinski definition) is 6. The summed E-state index contributed by atoms with van der Waals surface area (Å²) in [6, 6.07) is 5.35. The second-order valence-corrected chi connectivity index (χ2v) is 5.44. The summed E-state index contributed by atoms with van der Waals surface area (Å²) in [6.45, 7) is 1.72. The monoisotopic (exact) mass is 291 g/mol. The van der Waals surface area contributed by atoms with Gasteiger partial charge in [0.15, 0.2) is 6.61 Å². The minimum atomic E-state index is -0.368. The molecule has 7 heteroatoms. The number of hydrogen-bond donors (Lipinski definition) is 1. The molecule has 1 aromatic heterocycles. The second-order valence-electron chi connectivity index (χ2n) is 4.91. The zero-order valence-electron chi connectivity index (χ0n) is 10.8. The minimum absolute atomic E-state index is 0.0334. The third kappa shape index (κ3) is 2.62. The number of esters is 1. The van der Waals surface area contributed by atoms with Gasteiger partial charge in [0, 0.05) is 0 Å². The fraction of sp³-hybridized carbons (Fsp3) is 0.385. The molecule has 1 aliphatic rings. The maximum absolute atomic E-state index is 11.8. The van der Waals surface area contributed by atoms with E-state index in [2.05, 4.69) is 14.1 Å². The van der Waals surface area contributed by atoms with Crippen LogP contribution in [-0.4, -0.2) is 27.2 Å². The standard InChI is InChI=1S/C13H13N3O3S/c1-7-5-8(7)13(18)19-6-11(17)14-9-3-2-4-10-12(9)16-20-15-10/h2-4,7-8H,5-6H2,1H3,(H,14,17). The van der Waals surface area contributed by atoms with Crippen molar-refractivity contribution in [2.24, 2.45) is 11.8 Å². The van der Waals surface area contributed by atoms with Crippen molar-refractivity contribution in [3.8, 4) is 0 Å². The van der Waals surface area contributed by atoms with Crippen molar-refractivity contribution in [2.75, 3.05) is 11.9 Å². The lowest BCUT2D eigenvalue weighted by molar-refractivity contribution is -0.148. The highest BCUT2D eigenvalue weighted by molar-refractivity contribution is 7.00. The van der Waals surface area contributed by atoms with Crippen LogP contribution in [0, 0.1) is 11.8 Å². The molecule has 0 spiro atoms. The Hall–Kier alpha value is -2.02. The van der Waals surface area contributed by atoms with Crippen molar-refractivity contribution in [1.82, 2.24) is 8.75 Å². The molecule has 1 N–H and O–H groups in total. The number of carbonyl (C=O) groups is 2. The highest BCUT2D eigenvalue weighted by Gasteiger charge is 2.40. The first-order valence-electron chi connectivity index (χ1n) is 6.33. The Kier molecular flexibility index (Phi) is 3.35. The number of aromatic nitrogens is 2. The Balaban J connectivity index is 1.58. The normalized spacial score (nSPS) is 20.6. The van der Waals surface area contributed by atoms with Crippen LogP contribution in [0.15, 0.2) is 18.2 Å². The molecule has 1 amide bonds. The fourth-order valence-corrected chi connectivity index (χ4v) is 2.54.